The van der Waals surface area contributed by atoms with Gasteiger partial charge in [0.2, 0.25) is 5.91 Å². The Morgan fingerprint density at radius 2 is 2.10 bits per heavy atom. The number of carboxylic acid groups (broad SMARTS) is 1. The molecule has 0 aliphatic heterocycles. The zero-order chi connectivity index (χ0) is 15.1. The molecule has 2 N–H and O–H groups in total. The van der Waals surface area contributed by atoms with E-state index in [-0.39, 0.29) is 12.0 Å². The van der Waals surface area contributed by atoms with Crippen molar-refractivity contribution in [3.8, 4) is 0 Å². The lowest BCUT2D eigenvalue weighted by Gasteiger charge is -2.14. The van der Waals surface area contributed by atoms with Crippen molar-refractivity contribution in [2.24, 2.45) is 0 Å². The minimum atomic E-state index is -1.15. The van der Waals surface area contributed by atoms with Crippen LogP contribution in [0.25, 0.3) is 0 Å². The number of benzene rings is 1. The molecule has 0 saturated carbocycles. The number of aliphatic carboxylic acids is 1. The summed E-state index contributed by atoms with van der Waals surface area (Å²) in [7, 11) is 0. The van der Waals surface area contributed by atoms with E-state index in [2.05, 4.69) is 5.32 Å². The van der Waals surface area contributed by atoms with Crippen molar-refractivity contribution in [1.29, 1.82) is 0 Å². The van der Waals surface area contributed by atoms with Crippen LogP contribution in [0.4, 0.5) is 8.78 Å². The first kappa shape index (κ1) is 16.4. The van der Waals surface area contributed by atoms with Crippen molar-refractivity contribution in [3.63, 3.8) is 0 Å². The average Bonchev–Trinajstić information content (AvgIpc) is 2.39. The molecule has 1 aromatic carbocycles. The van der Waals surface area contributed by atoms with Gasteiger partial charge in [-0.15, -0.1) is 0 Å². The van der Waals surface area contributed by atoms with Crippen molar-refractivity contribution in [3.05, 3.63) is 35.4 Å². The lowest BCUT2D eigenvalue weighted by Crippen LogP contribution is -2.42. The molecule has 0 saturated heterocycles. The molecule has 0 fully saturated rings. The highest BCUT2D eigenvalue weighted by Gasteiger charge is 2.20. The van der Waals surface area contributed by atoms with E-state index >= 15 is 0 Å². The van der Waals surface area contributed by atoms with E-state index in [0.29, 0.717) is 5.75 Å². The predicted molar refractivity (Wildman–Crippen MR) is 72.6 cm³/mol. The van der Waals surface area contributed by atoms with E-state index in [1.165, 1.54) is 23.9 Å². The van der Waals surface area contributed by atoms with Crippen molar-refractivity contribution in [2.45, 2.75) is 18.9 Å². The summed E-state index contributed by atoms with van der Waals surface area (Å²) in [6.07, 6.45) is 1.70. The predicted octanol–water partition coefficient (Wildman–Crippen LogP) is 1.83. The number of rotatable bonds is 7. The molecule has 0 aliphatic carbocycles. The molecule has 0 aliphatic rings. The maximum Gasteiger partial charge on any atom is 0.326 e. The molecular formula is C13H15F2NO3S. The third-order valence-electron chi connectivity index (χ3n) is 2.63. The Labute approximate surface area is 119 Å². The van der Waals surface area contributed by atoms with E-state index in [0.717, 1.165) is 6.07 Å². The van der Waals surface area contributed by atoms with Gasteiger partial charge in [0.1, 0.15) is 6.04 Å². The molecule has 110 valence electrons. The van der Waals surface area contributed by atoms with Crippen LogP contribution in [-0.4, -0.2) is 35.0 Å². The molecule has 1 amide bonds. The summed E-state index contributed by atoms with van der Waals surface area (Å²) in [5.74, 6) is -3.34. The fraction of sp³-hybridized carbons (Fsp3) is 0.385. The van der Waals surface area contributed by atoms with Crippen molar-refractivity contribution >= 4 is 23.6 Å². The van der Waals surface area contributed by atoms with E-state index in [9.17, 15) is 18.4 Å². The molecule has 0 radical (unpaired) electrons. The summed E-state index contributed by atoms with van der Waals surface area (Å²) in [5, 5.41) is 11.3. The van der Waals surface area contributed by atoms with Gasteiger partial charge in [0.05, 0.1) is 6.42 Å². The molecule has 0 heterocycles. The first-order chi connectivity index (χ1) is 9.45. The van der Waals surface area contributed by atoms with E-state index in [4.69, 9.17) is 5.11 Å². The van der Waals surface area contributed by atoms with E-state index in [1.807, 2.05) is 6.26 Å². The lowest BCUT2D eigenvalue weighted by atomic mass is 10.1. The van der Waals surface area contributed by atoms with Gasteiger partial charge >= 0.3 is 5.97 Å². The number of carboxylic acids is 1. The summed E-state index contributed by atoms with van der Waals surface area (Å²) < 4.78 is 26.4. The van der Waals surface area contributed by atoms with Gasteiger partial charge < -0.3 is 10.4 Å². The molecular weight excluding hydrogens is 288 g/mol. The third-order valence-corrected chi connectivity index (χ3v) is 3.27. The van der Waals surface area contributed by atoms with Crippen LogP contribution >= 0.6 is 11.8 Å². The fourth-order valence-electron chi connectivity index (χ4n) is 1.60. The summed E-state index contributed by atoms with van der Waals surface area (Å²) in [6, 6.07) is 2.51. The standard InChI is InChI=1S/C13H15F2NO3S/c1-20-6-5-10(13(18)19)16-11(17)7-8-3-2-4-9(14)12(8)15/h2-4,10H,5-7H2,1H3,(H,16,17)(H,18,19). The minimum Gasteiger partial charge on any atom is -0.480 e. The Kier molecular flexibility index (Phi) is 6.44. The SMILES string of the molecule is CSCCC(NC(=O)Cc1cccc(F)c1F)C(=O)O. The molecule has 1 atom stereocenters. The van der Waals surface area contributed by atoms with Crippen LogP contribution in [0.2, 0.25) is 0 Å². The van der Waals surface area contributed by atoms with Gasteiger partial charge in [0, 0.05) is 5.56 Å². The molecule has 1 aromatic rings. The summed E-state index contributed by atoms with van der Waals surface area (Å²) in [5.41, 5.74) is -0.100. The molecule has 20 heavy (non-hydrogen) atoms. The van der Waals surface area contributed by atoms with Gasteiger partial charge in [-0.1, -0.05) is 12.1 Å². The normalized spacial score (nSPS) is 11.9. The Bertz CT molecular complexity index is 497. The second kappa shape index (κ2) is 7.84. The van der Waals surface area contributed by atoms with Gasteiger partial charge in [-0.2, -0.15) is 11.8 Å². The molecule has 0 spiro atoms. The fourth-order valence-corrected chi connectivity index (χ4v) is 2.07. The second-order valence-electron chi connectivity index (χ2n) is 4.13. The largest absolute Gasteiger partial charge is 0.480 e. The van der Waals surface area contributed by atoms with Crippen LogP contribution in [-0.2, 0) is 16.0 Å². The van der Waals surface area contributed by atoms with Crippen molar-refractivity contribution < 1.29 is 23.5 Å². The first-order valence-corrected chi connectivity index (χ1v) is 7.29. The van der Waals surface area contributed by atoms with Crippen LogP contribution in [0.5, 0.6) is 0 Å². The van der Waals surface area contributed by atoms with E-state index < -0.39 is 36.0 Å². The van der Waals surface area contributed by atoms with Gasteiger partial charge in [-0.25, -0.2) is 13.6 Å². The number of thioether (sulfide) groups is 1. The lowest BCUT2D eigenvalue weighted by molar-refractivity contribution is -0.141. The maximum atomic E-state index is 13.4. The van der Waals surface area contributed by atoms with Gasteiger partial charge in [-0.05, 0) is 24.5 Å². The number of amides is 1. The number of nitrogens with one attached hydrogen (secondary N) is 1. The van der Waals surface area contributed by atoms with Gasteiger partial charge in [0.25, 0.3) is 0 Å². The highest BCUT2D eigenvalue weighted by molar-refractivity contribution is 7.98. The van der Waals surface area contributed by atoms with Crippen molar-refractivity contribution in [1.82, 2.24) is 5.32 Å². The van der Waals surface area contributed by atoms with Gasteiger partial charge in [0.15, 0.2) is 11.6 Å². The Morgan fingerprint density at radius 3 is 2.70 bits per heavy atom. The number of hydrogen-bond donors (Lipinski definition) is 2. The molecule has 0 aromatic heterocycles. The smallest absolute Gasteiger partial charge is 0.326 e. The Hall–Kier alpha value is -1.63. The van der Waals surface area contributed by atoms with E-state index in [1.54, 1.807) is 0 Å². The summed E-state index contributed by atoms with van der Waals surface area (Å²) in [6.45, 7) is 0. The van der Waals surface area contributed by atoms with Gasteiger partial charge in [-0.3, -0.25) is 4.79 Å². The Balaban J connectivity index is 2.66. The molecule has 1 rings (SSSR count). The molecule has 4 nitrogen and oxygen atoms in total. The topological polar surface area (TPSA) is 66.4 Å². The third kappa shape index (κ3) is 4.80. The highest BCUT2D eigenvalue weighted by atomic mass is 32.2. The zero-order valence-electron chi connectivity index (χ0n) is 10.9. The second-order valence-corrected chi connectivity index (χ2v) is 5.12. The molecule has 1 unspecified atom stereocenters. The average molecular weight is 303 g/mol. The first-order valence-electron chi connectivity index (χ1n) is 5.89. The monoisotopic (exact) mass is 303 g/mol. The number of carbonyl (C=O) groups excluding carboxylic acids is 1. The molecule has 0 bridgehead atoms. The number of halogens is 2. The Morgan fingerprint density at radius 1 is 1.40 bits per heavy atom. The van der Waals surface area contributed by atoms with Crippen LogP contribution in [0.1, 0.15) is 12.0 Å². The summed E-state index contributed by atoms with van der Waals surface area (Å²) in [4.78, 5) is 22.6. The maximum absolute atomic E-state index is 13.4. The minimum absolute atomic E-state index is 0.100. The summed E-state index contributed by atoms with van der Waals surface area (Å²) >= 11 is 1.46. The van der Waals surface area contributed by atoms with Crippen LogP contribution in [0.15, 0.2) is 18.2 Å². The van der Waals surface area contributed by atoms with Crippen molar-refractivity contribution in [2.75, 3.05) is 12.0 Å². The number of hydrogen-bond acceptors (Lipinski definition) is 3. The van der Waals surface area contributed by atoms with Crippen LogP contribution in [0, 0.1) is 11.6 Å². The quantitative estimate of drug-likeness (QED) is 0.806. The molecule has 7 heteroatoms. The zero-order valence-corrected chi connectivity index (χ0v) is 11.7. The highest BCUT2D eigenvalue weighted by Crippen LogP contribution is 2.12. The van der Waals surface area contributed by atoms with Crippen LogP contribution < -0.4 is 5.32 Å². The number of carbonyl (C=O) groups is 2. The van der Waals surface area contributed by atoms with Crippen LogP contribution in [0.3, 0.4) is 0 Å².